The van der Waals surface area contributed by atoms with Crippen molar-refractivity contribution < 1.29 is 9.90 Å². The first-order chi connectivity index (χ1) is 7.15. The third-order valence-corrected chi connectivity index (χ3v) is 2.21. The summed E-state index contributed by atoms with van der Waals surface area (Å²) in [5.41, 5.74) is 2.08. The van der Waals surface area contributed by atoms with Gasteiger partial charge < -0.3 is 10.4 Å². The van der Waals surface area contributed by atoms with Gasteiger partial charge in [-0.25, -0.2) is 9.97 Å². The van der Waals surface area contributed by atoms with Crippen LogP contribution in [0.25, 0.3) is 0 Å². The lowest BCUT2D eigenvalue weighted by atomic mass is 10.3. The van der Waals surface area contributed by atoms with Gasteiger partial charge in [-0.15, -0.1) is 0 Å². The topological polar surface area (TPSA) is 78.4 Å². The second-order valence-corrected chi connectivity index (χ2v) is 3.59. The highest BCUT2D eigenvalue weighted by molar-refractivity contribution is 5.71. The molecule has 15 heavy (non-hydrogen) atoms. The highest BCUT2D eigenvalue weighted by atomic mass is 16.4. The van der Waals surface area contributed by atoms with Crippen molar-refractivity contribution in [3.05, 3.63) is 17.5 Å². The molecule has 0 radical (unpaired) electrons. The highest BCUT2D eigenvalue weighted by Gasteiger charge is 2.17. The van der Waals surface area contributed by atoms with Crippen LogP contribution in [0.5, 0.6) is 0 Å². The molecule has 0 atom stereocenters. The number of aromatic nitrogens is 2. The van der Waals surface area contributed by atoms with Gasteiger partial charge in [0.05, 0.1) is 5.69 Å². The predicted molar refractivity (Wildman–Crippen MR) is 53.3 cm³/mol. The number of hydrogen-bond acceptors (Lipinski definition) is 5. The zero-order valence-corrected chi connectivity index (χ0v) is 8.40. The predicted octanol–water partition coefficient (Wildman–Crippen LogP) is -0.0815. The number of carboxylic acids is 1. The van der Waals surface area contributed by atoms with Crippen molar-refractivity contribution in [2.75, 3.05) is 18.9 Å². The van der Waals surface area contributed by atoms with Crippen LogP contribution >= 0.6 is 0 Å². The molecule has 1 aliphatic rings. The van der Waals surface area contributed by atoms with Crippen LogP contribution in [-0.2, 0) is 17.9 Å². The molecule has 2 heterocycles. The zero-order chi connectivity index (χ0) is 10.8. The van der Waals surface area contributed by atoms with E-state index in [4.69, 9.17) is 5.11 Å². The van der Waals surface area contributed by atoms with Crippen LogP contribution < -0.4 is 5.32 Å². The number of rotatable bonds is 3. The van der Waals surface area contributed by atoms with Crippen LogP contribution in [0.4, 0.5) is 5.95 Å². The molecule has 0 aliphatic carbocycles. The molecular weight excluding hydrogens is 196 g/mol. The Morgan fingerprint density at radius 1 is 1.67 bits per heavy atom. The Hall–Kier alpha value is -1.69. The van der Waals surface area contributed by atoms with Gasteiger partial charge in [0.25, 0.3) is 0 Å². The van der Waals surface area contributed by atoms with Gasteiger partial charge in [-0.3, -0.25) is 9.69 Å². The highest BCUT2D eigenvalue weighted by Crippen LogP contribution is 2.18. The van der Waals surface area contributed by atoms with Gasteiger partial charge in [0.1, 0.15) is 6.54 Å². The Bertz CT molecular complexity index is 394. The van der Waals surface area contributed by atoms with Gasteiger partial charge in [-0.05, 0) is 7.05 Å². The lowest BCUT2D eigenvalue weighted by Gasteiger charge is -2.03. The van der Waals surface area contributed by atoms with E-state index in [1.165, 1.54) is 0 Å². The minimum absolute atomic E-state index is 0.158. The molecule has 0 saturated carbocycles. The largest absolute Gasteiger partial charge is 0.480 e. The molecule has 6 nitrogen and oxygen atoms in total. The second kappa shape index (κ2) is 3.82. The third kappa shape index (κ3) is 2.21. The molecule has 0 fully saturated rings. The minimum Gasteiger partial charge on any atom is -0.480 e. The maximum absolute atomic E-state index is 10.3. The maximum atomic E-state index is 10.3. The van der Waals surface area contributed by atoms with E-state index in [-0.39, 0.29) is 6.54 Å². The van der Waals surface area contributed by atoms with Crippen molar-refractivity contribution in [3.8, 4) is 0 Å². The number of nitrogens with one attached hydrogen (secondary N) is 1. The molecule has 0 amide bonds. The van der Waals surface area contributed by atoms with Crippen LogP contribution in [0.2, 0.25) is 0 Å². The quantitative estimate of drug-likeness (QED) is 0.723. The van der Waals surface area contributed by atoms with Crippen molar-refractivity contribution in [2.24, 2.45) is 0 Å². The van der Waals surface area contributed by atoms with E-state index in [2.05, 4.69) is 20.2 Å². The molecule has 1 aromatic rings. The summed E-state index contributed by atoms with van der Waals surface area (Å²) in [6.07, 6.45) is 1.75. The van der Waals surface area contributed by atoms with Gasteiger partial charge in [0.15, 0.2) is 0 Å². The van der Waals surface area contributed by atoms with E-state index in [1.54, 1.807) is 6.20 Å². The summed E-state index contributed by atoms with van der Waals surface area (Å²) in [5, 5.41) is 11.1. The molecule has 0 bridgehead atoms. The van der Waals surface area contributed by atoms with E-state index < -0.39 is 5.97 Å². The summed E-state index contributed by atoms with van der Waals surface area (Å²) in [5.74, 6) is -0.539. The van der Waals surface area contributed by atoms with Crippen molar-refractivity contribution in [3.63, 3.8) is 0 Å². The normalized spacial score (nSPS) is 15.0. The summed E-state index contributed by atoms with van der Waals surface area (Å²) in [6, 6.07) is 0. The van der Waals surface area contributed by atoms with E-state index in [9.17, 15) is 4.79 Å². The number of hydrogen-bond donors (Lipinski definition) is 2. The molecule has 6 heteroatoms. The lowest BCUT2D eigenvalue weighted by molar-refractivity contribution is -0.134. The Morgan fingerprint density at radius 2 is 2.47 bits per heavy atom. The molecule has 0 aromatic carbocycles. The molecule has 0 saturated heterocycles. The SMILES string of the molecule is CN1Cc2cnc(NCC(=O)O)nc2C1. The Balaban J connectivity index is 2.09. The molecule has 1 aliphatic heterocycles. The van der Waals surface area contributed by atoms with E-state index in [0.717, 1.165) is 24.3 Å². The molecule has 2 N–H and O–H groups in total. The molecule has 1 aromatic heterocycles. The summed E-state index contributed by atoms with van der Waals surface area (Å²) >= 11 is 0. The molecular formula is C9H12N4O2. The Kier molecular flexibility index (Phi) is 2.51. The third-order valence-electron chi connectivity index (χ3n) is 2.21. The van der Waals surface area contributed by atoms with Crippen LogP contribution in [0.15, 0.2) is 6.20 Å². The fraction of sp³-hybridized carbons (Fsp3) is 0.444. The van der Waals surface area contributed by atoms with Crippen LogP contribution in [0.1, 0.15) is 11.3 Å². The fourth-order valence-corrected chi connectivity index (χ4v) is 1.55. The molecule has 0 spiro atoms. The average Bonchev–Trinajstić information content (AvgIpc) is 2.53. The van der Waals surface area contributed by atoms with Crippen molar-refractivity contribution >= 4 is 11.9 Å². The summed E-state index contributed by atoms with van der Waals surface area (Å²) in [4.78, 5) is 20.8. The number of fused-ring (bicyclic) bond motifs is 1. The molecule has 80 valence electrons. The van der Waals surface area contributed by atoms with Crippen molar-refractivity contribution in [1.29, 1.82) is 0 Å². The van der Waals surface area contributed by atoms with Gasteiger partial charge in [-0.1, -0.05) is 0 Å². The van der Waals surface area contributed by atoms with E-state index in [1.807, 2.05) is 7.05 Å². The molecule has 0 unspecified atom stereocenters. The minimum atomic E-state index is -0.920. The maximum Gasteiger partial charge on any atom is 0.322 e. The standard InChI is InChI=1S/C9H12N4O2/c1-13-4-6-2-10-9(11-3-8(14)15)12-7(6)5-13/h2H,3-5H2,1H3,(H,14,15)(H,10,11,12). The number of nitrogens with zero attached hydrogens (tertiary/aromatic N) is 3. The summed E-state index contributed by atoms with van der Waals surface area (Å²) in [7, 11) is 2.01. The monoisotopic (exact) mass is 208 g/mol. The van der Waals surface area contributed by atoms with E-state index >= 15 is 0 Å². The number of carboxylic acid groups (broad SMARTS) is 1. The Labute approximate surface area is 87.0 Å². The Morgan fingerprint density at radius 3 is 3.20 bits per heavy atom. The number of anilines is 1. The number of carbonyl (C=O) groups is 1. The zero-order valence-electron chi connectivity index (χ0n) is 8.40. The van der Waals surface area contributed by atoms with Gasteiger partial charge in [0.2, 0.25) is 5.95 Å². The molecule has 2 rings (SSSR count). The first-order valence-electron chi connectivity index (χ1n) is 4.64. The fourth-order valence-electron chi connectivity index (χ4n) is 1.55. The first kappa shape index (κ1) is 9.85. The summed E-state index contributed by atoms with van der Waals surface area (Å²) < 4.78 is 0. The van der Waals surface area contributed by atoms with Gasteiger partial charge >= 0.3 is 5.97 Å². The van der Waals surface area contributed by atoms with Crippen LogP contribution in [0, 0.1) is 0 Å². The van der Waals surface area contributed by atoms with Crippen LogP contribution in [0.3, 0.4) is 0 Å². The second-order valence-electron chi connectivity index (χ2n) is 3.59. The first-order valence-corrected chi connectivity index (χ1v) is 4.64. The van der Waals surface area contributed by atoms with Crippen molar-refractivity contribution in [2.45, 2.75) is 13.1 Å². The number of aliphatic carboxylic acids is 1. The van der Waals surface area contributed by atoms with Crippen LogP contribution in [-0.4, -0.2) is 39.5 Å². The smallest absolute Gasteiger partial charge is 0.322 e. The van der Waals surface area contributed by atoms with Crippen molar-refractivity contribution in [1.82, 2.24) is 14.9 Å². The van der Waals surface area contributed by atoms with Gasteiger partial charge in [0, 0.05) is 24.8 Å². The summed E-state index contributed by atoms with van der Waals surface area (Å²) in [6.45, 7) is 1.49. The average molecular weight is 208 g/mol. The lowest BCUT2D eigenvalue weighted by Crippen LogP contribution is -2.14. The van der Waals surface area contributed by atoms with Gasteiger partial charge in [-0.2, -0.15) is 0 Å². The van der Waals surface area contributed by atoms with E-state index in [0.29, 0.717) is 5.95 Å².